The van der Waals surface area contributed by atoms with Gasteiger partial charge in [0.1, 0.15) is 0 Å². The number of rotatable bonds is 3. The topological polar surface area (TPSA) is 42.0 Å². The summed E-state index contributed by atoms with van der Waals surface area (Å²) in [5.74, 6) is -0.0158. The molecule has 0 saturated carbocycles. The van der Waals surface area contributed by atoms with Gasteiger partial charge in [-0.15, -0.1) is 0 Å². The first kappa shape index (κ1) is 12.6. The van der Waals surface area contributed by atoms with Crippen molar-refractivity contribution in [3.63, 3.8) is 0 Å². The summed E-state index contributed by atoms with van der Waals surface area (Å²) in [6.07, 6.45) is 0.937. The summed E-state index contributed by atoms with van der Waals surface area (Å²) in [6, 6.07) is 7.79. The summed E-state index contributed by atoms with van der Waals surface area (Å²) in [5, 5.41) is 3.85. The molecule has 2 aromatic rings. The van der Waals surface area contributed by atoms with Gasteiger partial charge in [0.2, 0.25) is 0 Å². The summed E-state index contributed by atoms with van der Waals surface area (Å²) >= 11 is 0. The molecule has 1 N–H and O–H groups in total. The molecular weight excluding hydrogens is 224 g/mol. The van der Waals surface area contributed by atoms with Gasteiger partial charge in [0.25, 0.3) is 5.91 Å². The standard InChI is InChI=1S/C15H18N2O/c1-4-8-16-15(18)13-9-11(3)17-14-10(2)6-5-7-12(13)14/h5-7,9H,4,8H2,1-3H3,(H,16,18). The van der Waals surface area contributed by atoms with Crippen LogP contribution in [0.2, 0.25) is 0 Å². The van der Waals surface area contributed by atoms with Gasteiger partial charge in [-0.05, 0) is 31.9 Å². The minimum atomic E-state index is -0.0158. The van der Waals surface area contributed by atoms with Crippen molar-refractivity contribution in [3.8, 4) is 0 Å². The van der Waals surface area contributed by atoms with Crippen molar-refractivity contribution in [1.82, 2.24) is 10.3 Å². The first-order valence-corrected chi connectivity index (χ1v) is 6.28. The van der Waals surface area contributed by atoms with E-state index in [4.69, 9.17) is 0 Å². The maximum atomic E-state index is 12.1. The van der Waals surface area contributed by atoms with E-state index in [0.717, 1.165) is 34.1 Å². The lowest BCUT2D eigenvalue weighted by molar-refractivity contribution is 0.0955. The second-order valence-electron chi connectivity index (χ2n) is 4.54. The van der Waals surface area contributed by atoms with Crippen LogP contribution in [-0.4, -0.2) is 17.4 Å². The number of aromatic nitrogens is 1. The maximum Gasteiger partial charge on any atom is 0.252 e. The number of nitrogens with one attached hydrogen (secondary N) is 1. The van der Waals surface area contributed by atoms with Crippen molar-refractivity contribution in [1.29, 1.82) is 0 Å². The van der Waals surface area contributed by atoms with Crippen LogP contribution in [0.15, 0.2) is 24.3 Å². The average molecular weight is 242 g/mol. The molecule has 18 heavy (non-hydrogen) atoms. The summed E-state index contributed by atoms with van der Waals surface area (Å²) in [4.78, 5) is 16.7. The van der Waals surface area contributed by atoms with Crippen LogP contribution in [0, 0.1) is 13.8 Å². The van der Waals surface area contributed by atoms with E-state index in [2.05, 4.69) is 10.3 Å². The number of pyridine rings is 1. The highest BCUT2D eigenvalue weighted by molar-refractivity contribution is 6.06. The number of aryl methyl sites for hydroxylation is 2. The predicted molar refractivity (Wildman–Crippen MR) is 73.8 cm³/mol. The molecule has 94 valence electrons. The number of hydrogen-bond donors (Lipinski definition) is 1. The molecule has 0 unspecified atom stereocenters. The third kappa shape index (κ3) is 2.35. The lowest BCUT2D eigenvalue weighted by Gasteiger charge is -2.09. The molecule has 0 saturated heterocycles. The van der Waals surface area contributed by atoms with Crippen molar-refractivity contribution in [2.45, 2.75) is 27.2 Å². The van der Waals surface area contributed by atoms with E-state index >= 15 is 0 Å². The van der Waals surface area contributed by atoms with Gasteiger partial charge >= 0.3 is 0 Å². The molecule has 1 amide bonds. The molecule has 0 aliphatic heterocycles. The van der Waals surface area contributed by atoms with Gasteiger partial charge < -0.3 is 5.32 Å². The minimum absolute atomic E-state index is 0.0158. The van der Waals surface area contributed by atoms with Gasteiger partial charge in [0, 0.05) is 17.6 Å². The Kier molecular flexibility index (Phi) is 3.60. The molecule has 0 atom stereocenters. The van der Waals surface area contributed by atoms with Gasteiger partial charge in [-0.2, -0.15) is 0 Å². The molecule has 0 radical (unpaired) electrons. The molecular formula is C15H18N2O. The molecule has 1 heterocycles. The number of para-hydroxylation sites is 1. The number of carbonyl (C=O) groups is 1. The Labute approximate surface area is 107 Å². The van der Waals surface area contributed by atoms with Gasteiger partial charge in [-0.1, -0.05) is 25.1 Å². The first-order valence-electron chi connectivity index (χ1n) is 6.28. The lowest BCUT2D eigenvalue weighted by Crippen LogP contribution is -2.24. The molecule has 1 aromatic heterocycles. The SMILES string of the molecule is CCCNC(=O)c1cc(C)nc2c(C)cccc12. The van der Waals surface area contributed by atoms with Crippen LogP contribution < -0.4 is 5.32 Å². The molecule has 0 aliphatic carbocycles. The summed E-state index contributed by atoms with van der Waals surface area (Å²) in [7, 11) is 0. The fourth-order valence-corrected chi connectivity index (χ4v) is 2.04. The molecule has 0 aliphatic rings. The van der Waals surface area contributed by atoms with Crippen molar-refractivity contribution in [3.05, 3.63) is 41.1 Å². The van der Waals surface area contributed by atoms with E-state index < -0.39 is 0 Å². The highest BCUT2D eigenvalue weighted by atomic mass is 16.1. The van der Waals surface area contributed by atoms with E-state index in [1.54, 1.807) is 0 Å². The zero-order chi connectivity index (χ0) is 13.1. The molecule has 3 heteroatoms. The smallest absolute Gasteiger partial charge is 0.252 e. The molecule has 2 rings (SSSR count). The third-order valence-corrected chi connectivity index (χ3v) is 2.95. The van der Waals surface area contributed by atoms with E-state index in [1.165, 1.54) is 0 Å². The predicted octanol–water partition coefficient (Wildman–Crippen LogP) is 2.99. The Hall–Kier alpha value is -1.90. The van der Waals surface area contributed by atoms with Crippen LogP contribution in [0.4, 0.5) is 0 Å². The summed E-state index contributed by atoms with van der Waals surface area (Å²) in [5.41, 5.74) is 3.60. The Morgan fingerprint density at radius 3 is 2.83 bits per heavy atom. The maximum absolute atomic E-state index is 12.1. The van der Waals surface area contributed by atoms with Gasteiger partial charge in [0.15, 0.2) is 0 Å². The number of carbonyl (C=O) groups excluding carboxylic acids is 1. The normalized spacial score (nSPS) is 10.6. The Balaban J connectivity index is 2.56. The van der Waals surface area contributed by atoms with Gasteiger partial charge in [0.05, 0.1) is 11.1 Å². The van der Waals surface area contributed by atoms with E-state index in [9.17, 15) is 4.79 Å². The van der Waals surface area contributed by atoms with Crippen LogP contribution in [0.25, 0.3) is 10.9 Å². The van der Waals surface area contributed by atoms with E-state index in [1.807, 2.05) is 45.0 Å². The Bertz CT molecular complexity index is 590. The fraction of sp³-hybridized carbons (Fsp3) is 0.333. The van der Waals surface area contributed by atoms with Crippen LogP contribution in [-0.2, 0) is 0 Å². The molecule has 0 fully saturated rings. The van der Waals surface area contributed by atoms with Crippen molar-refractivity contribution in [2.24, 2.45) is 0 Å². The highest BCUT2D eigenvalue weighted by Gasteiger charge is 2.12. The monoisotopic (exact) mass is 242 g/mol. The van der Waals surface area contributed by atoms with E-state index in [0.29, 0.717) is 6.54 Å². The zero-order valence-electron chi connectivity index (χ0n) is 11.1. The van der Waals surface area contributed by atoms with E-state index in [-0.39, 0.29) is 5.91 Å². The van der Waals surface area contributed by atoms with Crippen molar-refractivity contribution >= 4 is 16.8 Å². The highest BCUT2D eigenvalue weighted by Crippen LogP contribution is 2.21. The number of fused-ring (bicyclic) bond motifs is 1. The second-order valence-corrected chi connectivity index (χ2v) is 4.54. The number of hydrogen-bond acceptors (Lipinski definition) is 2. The number of nitrogens with zero attached hydrogens (tertiary/aromatic N) is 1. The molecule has 3 nitrogen and oxygen atoms in total. The van der Waals surface area contributed by atoms with Crippen LogP contribution in [0.5, 0.6) is 0 Å². The lowest BCUT2D eigenvalue weighted by atomic mass is 10.0. The molecule has 1 aromatic carbocycles. The molecule has 0 bridgehead atoms. The van der Waals surface area contributed by atoms with Gasteiger partial charge in [-0.3, -0.25) is 9.78 Å². The number of benzene rings is 1. The summed E-state index contributed by atoms with van der Waals surface area (Å²) < 4.78 is 0. The largest absolute Gasteiger partial charge is 0.352 e. The quantitative estimate of drug-likeness (QED) is 0.899. The Morgan fingerprint density at radius 2 is 2.11 bits per heavy atom. The molecule has 0 spiro atoms. The van der Waals surface area contributed by atoms with Crippen LogP contribution in [0.1, 0.15) is 35.0 Å². The Morgan fingerprint density at radius 1 is 1.33 bits per heavy atom. The second kappa shape index (κ2) is 5.17. The van der Waals surface area contributed by atoms with Crippen molar-refractivity contribution < 1.29 is 4.79 Å². The van der Waals surface area contributed by atoms with Crippen LogP contribution >= 0.6 is 0 Å². The van der Waals surface area contributed by atoms with Crippen molar-refractivity contribution in [2.75, 3.05) is 6.54 Å². The number of amides is 1. The average Bonchev–Trinajstić information content (AvgIpc) is 2.36. The van der Waals surface area contributed by atoms with Gasteiger partial charge in [-0.25, -0.2) is 0 Å². The fourth-order valence-electron chi connectivity index (χ4n) is 2.04. The third-order valence-electron chi connectivity index (χ3n) is 2.95. The van der Waals surface area contributed by atoms with Crippen LogP contribution in [0.3, 0.4) is 0 Å². The summed E-state index contributed by atoms with van der Waals surface area (Å²) in [6.45, 7) is 6.68. The first-order chi connectivity index (χ1) is 8.63. The minimum Gasteiger partial charge on any atom is -0.352 e. The zero-order valence-corrected chi connectivity index (χ0v) is 11.1.